The van der Waals surface area contributed by atoms with Crippen LogP contribution in [0.3, 0.4) is 0 Å². The number of phenolic OH excluding ortho intramolecular Hbond substituents is 1. The first-order chi connectivity index (χ1) is 9.06. The maximum Gasteiger partial charge on any atom is 0.219 e. The van der Waals surface area contributed by atoms with Crippen molar-refractivity contribution in [3.8, 4) is 5.75 Å². The number of halogens is 1. The van der Waals surface area contributed by atoms with E-state index in [1.165, 1.54) is 0 Å². The van der Waals surface area contributed by atoms with Gasteiger partial charge in [0.25, 0.3) is 0 Å². The molecule has 1 fully saturated rings. The van der Waals surface area contributed by atoms with Crippen molar-refractivity contribution < 1.29 is 9.90 Å². The van der Waals surface area contributed by atoms with Crippen LogP contribution in [0.2, 0.25) is 5.02 Å². The number of benzene rings is 1. The molecule has 1 N–H and O–H groups in total. The summed E-state index contributed by atoms with van der Waals surface area (Å²) in [6.45, 7) is 5.59. The van der Waals surface area contributed by atoms with Crippen LogP contribution in [0.1, 0.15) is 18.9 Å². The fourth-order valence-corrected chi connectivity index (χ4v) is 2.56. The number of aromatic hydroxyl groups is 1. The van der Waals surface area contributed by atoms with E-state index in [0.717, 1.165) is 38.2 Å². The van der Waals surface area contributed by atoms with Crippen LogP contribution >= 0.6 is 11.6 Å². The Balaban J connectivity index is 1.99. The zero-order valence-corrected chi connectivity index (χ0v) is 11.9. The lowest BCUT2D eigenvalue weighted by Crippen LogP contribution is -2.33. The van der Waals surface area contributed by atoms with Gasteiger partial charge < -0.3 is 10.0 Å². The Hall–Kier alpha value is -1.26. The van der Waals surface area contributed by atoms with Crippen LogP contribution in [0.15, 0.2) is 18.2 Å². The van der Waals surface area contributed by atoms with Crippen molar-refractivity contribution in [2.45, 2.75) is 19.9 Å². The molecule has 1 saturated heterocycles. The molecule has 0 bridgehead atoms. The molecule has 0 aliphatic carbocycles. The fraction of sp³-hybridized carbons (Fsp3) is 0.500. The van der Waals surface area contributed by atoms with E-state index in [1.54, 1.807) is 25.1 Å². The predicted molar refractivity (Wildman–Crippen MR) is 75.3 cm³/mol. The first-order valence-corrected chi connectivity index (χ1v) is 6.89. The van der Waals surface area contributed by atoms with E-state index < -0.39 is 0 Å². The largest absolute Gasteiger partial charge is 0.508 e. The van der Waals surface area contributed by atoms with Crippen molar-refractivity contribution in [3.05, 3.63) is 28.8 Å². The van der Waals surface area contributed by atoms with Gasteiger partial charge in [-0.2, -0.15) is 0 Å². The number of hydrogen-bond donors (Lipinski definition) is 1. The highest BCUT2D eigenvalue weighted by molar-refractivity contribution is 6.30. The van der Waals surface area contributed by atoms with E-state index in [9.17, 15) is 9.90 Å². The quantitative estimate of drug-likeness (QED) is 0.903. The summed E-state index contributed by atoms with van der Waals surface area (Å²) in [5, 5.41) is 10.5. The zero-order chi connectivity index (χ0) is 13.8. The van der Waals surface area contributed by atoms with E-state index in [4.69, 9.17) is 11.6 Å². The predicted octanol–water partition coefficient (Wildman–Crippen LogP) is 2.10. The first-order valence-electron chi connectivity index (χ1n) is 6.51. The average molecular weight is 283 g/mol. The van der Waals surface area contributed by atoms with Gasteiger partial charge in [0.15, 0.2) is 0 Å². The summed E-state index contributed by atoms with van der Waals surface area (Å²) >= 11 is 5.95. The Labute approximate surface area is 118 Å². The lowest BCUT2D eigenvalue weighted by molar-refractivity contribution is -0.128. The summed E-state index contributed by atoms with van der Waals surface area (Å²) in [5.41, 5.74) is 0.837. The van der Waals surface area contributed by atoms with Crippen molar-refractivity contribution in [1.82, 2.24) is 9.80 Å². The van der Waals surface area contributed by atoms with Gasteiger partial charge in [0.1, 0.15) is 5.75 Å². The van der Waals surface area contributed by atoms with Crippen LogP contribution in [-0.2, 0) is 11.3 Å². The van der Waals surface area contributed by atoms with Gasteiger partial charge in [-0.25, -0.2) is 0 Å². The summed E-state index contributed by atoms with van der Waals surface area (Å²) in [6, 6.07) is 5.10. The molecular weight excluding hydrogens is 264 g/mol. The van der Waals surface area contributed by atoms with Crippen LogP contribution in [0.4, 0.5) is 0 Å². The molecule has 1 amide bonds. The molecule has 0 saturated carbocycles. The van der Waals surface area contributed by atoms with Crippen LogP contribution in [0.5, 0.6) is 5.75 Å². The van der Waals surface area contributed by atoms with Gasteiger partial charge >= 0.3 is 0 Å². The minimum absolute atomic E-state index is 0.132. The van der Waals surface area contributed by atoms with Gasteiger partial charge in [0.05, 0.1) is 0 Å². The van der Waals surface area contributed by atoms with Crippen LogP contribution in [-0.4, -0.2) is 47.0 Å². The van der Waals surface area contributed by atoms with Crippen molar-refractivity contribution >= 4 is 17.5 Å². The normalized spacial score (nSPS) is 17.3. The van der Waals surface area contributed by atoms with Gasteiger partial charge in [0, 0.05) is 50.2 Å². The number of rotatable bonds is 2. The molecular formula is C14H19ClN2O2. The number of nitrogens with zero attached hydrogens (tertiary/aromatic N) is 2. The maximum atomic E-state index is 11.4. The second-order valence-corrected chi connectivity index (χ2v) is 5.35. The highest BCUT2D eigenvalue weighted by Crippen LogP contribution is 2.23. The summed E-state index contributed by atoms with van der Waals surface area (Å²) in [7, 11) is 0. The molecule has 0 unspecified atom stereocenters. The molecule has 0 aromatic heterocycles. The molecule has 19 heavy (non-hydrogen) atoms. The van der Waals surface area contributed by atoms with Crippen molar-refractivity contribution in [3.63, 3.8) is 0 Å². The standard InChI is InChI=1S/C14H19ClN2O2/c1-11(18)17-6-2-5-16(7-8-17)10-12-9-13(15)3-4-14(12)19/h3-4,9,19H,2,5-8,10H2,1H3. The maximum absolute atomic E-state index is 11.4. The van der Waals surface area contributed by atoms with E-state index in [0.29, 0.717) is 11.6 Å². The molecule has 104 valence electrons. The third kappa shape index (κ3) is 3.85. The van der Waals surface area contributed by atoms with Gasteiger partial charge in [-0.1, -0.05) is 11.6 Å². The molecule has 1 aromatic rings. The first kappa shape index (κ1) is 14.2. The van der Waals surface area contributed by atoms with Crippen LogP contribution in [0.25, 0.3) is 0 Å². The summed E-state index contributed by atoms with van der Waals surface area (Å²) in [4.78, 5) is 15.5. The molecule has 0 atom stereocenters. The van der Waals surface area contributed by atoms with E-state index in [2.05, 4.69) is 4.90 Å². The van der Waals surface area contributed by atoms with Gasteiger partial charge in [-0.3, -0.25) is 9.69 Å². The Bertz CT molecular complexity index is 465. The molecule has 4 nitrogen and oxygen atoms in total. The van der Waals surface area contributed by atoms with Gasteiger partial charge in [-0.15, -0.1) is 0 Å². The minimum atomic E-state index is 0.132. The Morgan fingerprint density at radius 1 is 1.32 bits per heavy atom. The fourth-order valence-electron chi connectivity index (χ4n) is 2.37. The second kappa shape index (κ2) is 6.26. The summed E-state index contributed by atoms with van der Waals surface area (Å²) in [6.07, 6.45) is 0.959. The SMILES string of the molecule is CC(=O)N1CCCN(Cc2cc(Cl)ccc2O)CC1. The molecule has 1 aromatic carbocycles. The van der Waals surface area contributed by atoms with Crippen molar-refractivity contribution in [1.29, 1.82) is 0 Å². The molecule has 0 spiro atoms. The smallest absolute Gasteiger partial charge is 0.219 e. The van der Waals surface area contributed by atoms with Gasteiger partial charge in [-0.05, 0) is 24.6 Å². The Kier molecular flexibility index (Phi) is 4.66. The molecule has 1 heterocycles. The number of amides is 1. The number of carbonyl (C=O) groups is 1. The molecule has 5 heteroatoms. The van der Waals surface area contributed by atoms with E-state index in [-0.39, 0.29) is 11.7 Å². The van der Waals surface area contributed by atoms with Crippen LogP contribution < -0.4 is 0 Å². The van der Waals surface area contributed by atoms with Gasteiger partial charge in [0.2, 0.25) is 5.91 Å². The van der Waals surface area contributed by atoms with Crippen LogP contribution in [0, 0.1) is 0 Å². The molecule has 2 rings (SSSR count). The molecule has 1 aliphatic rings. The second-order valence-electron chi connectivity index (χ2n) is 4.91. The zero-order valence-electron chi connectivity index (χ0n) is 11.1. The lowest BCUT2D eigenvalue weighted by atomic mass is 10.2. The monoisotopic (exact) mass is 282 g/mol. The average Bonchev–Trinajstić information content (AvgIpc) is 2.59. The van der Waals surface area contributed by atoms with E-state index in [1.807, 2.05) is 4.90 Å². The number of hydrogen-bond acceptors (Lipinski definition) is 3. The summed E-state index contributed by atoms with van der Waals surface area (Å²) in [5.74, 6) is 0.407. The molecule has 0 radical (unpaired) electrons. The van der Waals surface area contributed by atoms with Crippen molar-refractivity contribution in [2.24, 2.45) is 0 Å². The highest BCUT2D eigenvalue weighted by Gasteiger charge is 2.17. The third-order valence-corrected chi connectivity index (χ3v) is 3.70. The van der Waals surface area contributed by atoms with E-state index >= 15 is 0 Å². The van der Waals surface area contributed by atoms with Crippen molar-refractivity contribution in [2.75, 3.05) is 26.2 Å². The summed E-state index contributed by atoms with van der Waals surface area (Å²) < 4.78 is 0. The Morgan fingerprint density at radius 2 is 2.11 bits per heavy atom. The number of phenols is 1. The topological polar surface area (TPSA) is 43.8 Å². The third-order valence-electron chi connectivity index (χ3n) is 3.47. The minimum Gasteiger partial charge on any atom is -0.508 e. The Morgan fingerprint density at radius 3 is 2.84 bits per heavy atom. The lowest BCUT2D eigenvalue weighted by Gasteiger charge is -2.21. The molecule has 1 aliphatic heterocycles. The number of carbonyl (C=O) groups excluding carboxylic acids is 1. The highest BCUT2D eigenvalue weighted by atomic mass is 35.5.